The average molecular weight is 335 g/mol. The van der Waals surface area contributed by atoms with E-state index in [-0.39, 0.29) is 11.7 Å². The van der Waals surface area contributed by atoms with Gasteiger partial charge < -0.3 is 9.47 Å². The summed E-state index contributed by atoms with van der Waals surface area (Å²) < 4.78 is 2.96. The Labute approximate surface area is 125 Å². The minimum absolute atomic E-state index is 0.0787. The first-order chi connectivity index (χ1) is 9.63. The van der Waals surface area contributed by atoms with Crippen LogP contribution < -0.4 is 0 Å². The summed E-state index contributed by atoms with van der Waals surface area (Å²) in [5, 5.41) is 1.12. The predicted octanol–water partition coefficient (Wildman–Crippen LogP) is 2.60. The number of rotatable bonds is 2. The lowest BCUT2D eigenvalue weighted by Crippen LogP contribution is -2.40. The molecule has 1 amide bonds. The van der Waals surface area contributed by atoms with Crippen LogP contribution in [0.25, 0.3) is 10.9 Å². The maximum absolute atomic E-state index is 12.3. The molecule has 0 unspecified atom stereocenters. The summed E-state index contributed by atoms with van der Waals surface area (Å²) in [4.78, 5) is 25.3. The molecule has 104 valence electrons. The zero-order valence-electron chi connectivity index (χ0n) is 11.0. The van der Waals surface area contributed by atoms with E-state index < -0.39 is 0 Å². The second kappa shape index (κ2) is 5.40. The van der Waals surface area contributed by atoms with Gasteiger partial charge in [0, 0.05) is 42.1 Å². The molecule has 4 nitrogen and oxygen atoms in total. The number of ketones is 1. The quantitative estimate of drug-likeness (QED) is 0.847. The van der Waals surface area contributed by atoms with Gasteiger partial charge in [-0.25, -0.2) is 0 Å². The fourth-order valence-electron chi connectivity index (χ4n) is 2.55. The number of hydrogen-bond acceptors (Lipinski definition) is 2. The van der Waals surface area contributed by atoms with Crippen molar-refractivity contribution in [2.24, 2.45) is 0 Å². The van der Waals surface area contributed by atoms with Crippen molar-refractivity contribution < 1.29 is 9.59 Å². The number of likely N-dealkylation sites (tertiary alicyclic amines) is 1. The number of nitrogens with zero attached hydrogens (tertiary/aromatic N) is 2. The van der Waals surface area contributed by atoms with Crippen LogP contribution in [0.2, 0.25) is 0 Å². The van der Waals surface area contributed by atoms with Crippen LogP contribution >= 0.6 is 15.9 Å². The molecule has 0 saturated carbocycles. The average Bonchev–Trinajstić information content (AvgIpc) is 2.82. The topological polar surface area (TPSA) is 42.3 Å². The summed E-state index contributed by atoms with van der Waals surface area (Å²) in [7, 11) is 0. The standard InChI is InChI=1S/C15H15BrN2O2/c16-12-2-1-11-3-6-18(14(11)9-12)10-15(20)17-7-4-13(19)5-8-17/h1-3,6,9H,4-5,7-8,10H2. The summed E-state index contributed by atoms with van der Waals surface area (Å²) in [6.45, 7) is 1.44. The number of hydrogen-bond donors (Lipinski definition) is 0. The van der Waals surface area contributed by atoms with E-state index in [1.807, 2.05) is 35.0 Å². The third-order valence-corrected chi connectivity index (χ3v) is 4.21. The summed E-state index contributed by atoms with van der Waals surface area (Å²) in [5.74, 6) is 0.333. The highest BCUT2D eigenvalue weighted by atomic mass is 79.9. The van der Waals surface area contributed by atoms with E-state index in [0.29, 0.717) is 32.5 Å². The molecular weight excluding hydrogens is 320 g/mol. The van der Waals surface area contributed by atoms with Crippen LogP contribution in [-0.2, 0) is 16.1 Å². The highest BCUT2D eigenvalue weighted by Gasteiger charge is 2.21. The van der Waals surface area contributed by atoms with Crippen LogP contribution in [-0.4, -0.2) is 34.2 Å². The fraction of sp³-hybridized carbons (Fsp3) is 0.333. The van der Waals surface area contributed by atoms with E-state index in [1.165, 1.54) is 0 Å². The molecule has 0 bridgehead atoms. The van der Waals surface area contributed by atoms with Crippen molar-refractivity contribution in [2.45, 2.75) is 19.4 Å². The van der Waals surface area contributed by atoms with Crippen LogP contribution in [0.3, 0.4) is 0 Å². The van der Waals surface area contributed by atoms with Crippen LogP contribution in [0.4, 0.5) is 0 Å². The number of Topliss-reactive ketones (excluding diaryl/α,β-unsaturated/α-hetero) is 1. The van der Waals surface area contributed by atoms with Crippen molar-refractivity contribution in [3.63, 3.8) is 0 Å². The van der Waals surface area contributed by atoms with Gasteiger partial charge in [-0.15, -0.1) is 0 Å². The molecule has 20 heavy (non-hydrogen) atoms. The SMILES string of the molecule is O=C1CCN(C(=O)Cn2ccc3ccc(Br)cc32)CC1. The maximum atomic E-state index is 12.3. The highest BCUT2D eigenvalue weighted by Crippen LogP contribution is 2.21. The number of amides is 1. The van der Waals surface area contributed by atoms with Gasteiger partial charge in [-0.3, -0.25) is 9.59 Å². The molecule has 1 aromatic heterocycles. The Morgan fingerprint density at radius 1 is 1.20 bits per heavy atom. The number of fused-ring (bicyclic) bond motifs is 1. The summed E-state index contributed by atoms with van der Waals surface area (Å²) in [5.41, 5.74) is 1.04. The number of aromatic nitrogens is 1. The molecule has 0 N–H and O–H groups in total. The van der Waals surface area contributed by atoms with Crippen LogP contribution in [0.1, 0.15) is 12.8 Å². The molecule has 1 aromatic carbocycles. The zero-order valence-corrected chi connectivity index (χ0v) is 12.6. The Morgan fingerprint density at radius 3 is 2.70 bits per heavy atom. The van der Waals surface area contributed by atoms with Gasteiger partial charge in [-0.05, 0) is 23.6 Å². The molecule has 2 heterocycles. The predicted molar refractivity (Wildman–Crippen MR) is 80.5 cm³/mol. The van der Waals surface area contributed by atoms with Gasteiger partial charge in [0.15, 0.2) is 0 Å². The van der Waals surface area contributed by atoms with Crippen molar-refractivity contribution >= 4 is 38.5 Å². The Kier molecular flexibility index (Phi) is 3.61. The summed E-state index contributed by atoms with van der Waals surface area (Å²) in [6, 6.07) is 8.04. The Hall–Kier alpha value is -1.62. The molecule has 1 aliphatic rings. The fourth-order valence-corrected chi connectivity index (χ4v) is 2.90. The van der Waals surface area contributed by atoms with Gasteiger partial charge in [-0.1, -0.05) is 22.0 Å². The first-order valence-corrected chi connectivity index (χ1v) is 7.47. The van der Waals surface area contributed by atoms with E-state index >= 15 is 0 Å². The van der Waals surface area contributed by atoms with E-state index in [4.69, 9.17) is 0 Å². The number of benzene rings is 1. The molecule has 1 saturated heterocycles. The summed E-state index contributed by atoms with van der Waals surface area (Å²) >= 11 is 3.45. The van der Waals surface area contributed by atoms with Crippen LogP contribution in [0, 0.1) is 0 Å². The lowest BCUT2D eigenvalue weighted by atomic mass is 10.1. The third-order valence-electron chi connectivity index (χ3n) is 3.72. The van der Waals surface area contributed by atoms with Gasteiger partial charge in [0.25, 0.3) is 0 Å². The normalized spacial score (nSPS) is 15.8. The number of piperidine rings is 1. The molecule has 0 aliphatic carbocycles. The second-order valence-corrected chi connectivity index (χ2v) is 5.98. The van der Waals surface area contributed by atoms with Crippen molar-refractivity contribution in [1.82, 2.24) is 9.47 Å². The third kappa shape index (κ3) is 2.63. The Bertz CT molecular complexity index is 668. The monoisotopic (exact) mass is 334 g/mol. The van der Waals surface area contributed by atoms with Crippen molar-refractivity contribution in [3.8, 4) is 0 Å². The highest BCUT2D eigenvalue weighted by molar-refractivity contribution is 9.10. The smallest absolute Gasteiger partial charge is 0.242 e. The lowest BCUT2D eigenvalue weighted by molar-refractivity contribution is -0.135. The zero-order chi connectivity index (χ0) is 14.1. The van der Waals surface area contributed by atoms with Crippen molar-refractivity contribution in [3.05, 3.63) is 34.9 Å². The van der Waals surface area contributed by atoms with Gasteiger partial charge in [0.2, 0.25) is 5.91 Å². The van der Waals surface area contributed by atoms with Gasteiger partial charge in [0.05, 0.1) is 0 Å². The number of halogens is 1. The largest absolute Gasteiger partial charge is 0.340 e. The Balaban J connectivity index is 1.77. The molecule has 0 spiro atoms. The molecule has 0 atom stereocenters. The summed E-state index contributed by atoms with van der Waals surface area (Å²) in [6.07, 6.45) is 2.91. The van der Waals surface area contributed by atoms with Crippen molar-refractivity contribution in [1.29, 1.82) is 0 Å². The first-order valence-electron chi connectivity index (χ1n) is 6.67. The molecule has 3 rings (SSSR count). The molecule has 1 fully saturated rings. The van der Waals surface area contributed by atoms with Crippen molar-refractivity contribution in [2.75, 3.05) is 13.1 Å². The molecule has 2 aromatic rings. The van der Waals surface area contributed by atoms with Gasteiger partial charge >= 0.3 is 0 Å². The van der Waals surface area contributed by atoms with Gasteiger partial charge in [-0.2, -0.15) is 0 Å². The lowest BCUT2D eigenvalue weighted by Gasteiger charge is -2.26. The molecular formula is C15H15BrN2O2. The van der Waals surface area contributed by atoms with E-state index in [1.54, 1.807) is 4.90 Å². The Morgan fingerprint density at radius 2 is 1.95 bits per heavy atom. The minimum atomic E-state index is 0.0787. The molecule has 5 heteroatoms. The first kappa shape index (κ1) is 13.4. The second-order valence-electron chi connectivity index (χ2n) is 5.07. The van der Waals surface area contributed by atoms with E-state index in [0.717, 1.165) is 15.4 Å². The van der Waals surface area contributed by atoms with Gasteiger partial charge in [0.1, 0.15) is 12.3 Å². The number of carbonyl (C=O) groups is 2. The molecule has 1 aliphatic heterocycles. The number of carbonyl (C=O) groups excluding carboxylic acids is 2. The van der Waals surface area contributed by atoms with E-state index in [9.17, 15) is 9.59 Å². The van der Waals surface area contributed by atoms with Crippen LogP contribution in [0.15, 0.2) is 34.9 Å². The maximum Gasteiger partial charge on any atom is 0.242 e. The molecule has 0 radical (unpaired) electrons. The van der Waals surface area contributed by atoms with E-state index in [2.05, 4.69) is 15.9 Å². The minimum Gasteiger partial charge on any atom is -0.340 e. The van der Waals surface area contributed by atoms with Crippen LogP contribution in [0.5, 0.6) is 0 Å².